The first-order valence-electron chi connectivity index (χ1n) is 10.3. The smallest absolute Gasteiger partial charge is 0.303 e. The lowest BCUT2D eigenvalue weighted by Crippen LogP contribution is -2.44. The highest BCUT2D eigenvalue weighted by molar-refractivity contribution is 6.30. The fourth-order valence-electron chi connectivity index (χ4n) is 3.38. The molecule has 0 aliphatic heterocycles. The Morgan fingerprint density at radius 3 is 2.00 bits per heavy atom. The largest absolute Gasteiger partial charge is 0.481 e. The number of ketones is 3. The molecule has 0 fully saturated rings. The van der Waals surface area contributed by atoms with Gasteiger partial charge in [-0.25, -0.2) is 0 Å². The maximum atomic E-state index is 12.7. The number of hydrogen-bond donors (Lipinski definition) is 2. The summed E-state index contributed by atoms with van der Waals surface area (Å²) in [7, 11) is 0. The minimum absolute atomic E-state index is 0.142. The molecule has 0 aliphatic rings. The number of anilines is 1. The molecule has 7 heteroatoms. The fourth-order valence-corrected chi connectivity index (χ4v) is 3.55. The lowest BCUT2D eigenvalue weighted by atomic mass is 9.69. The molecule has 0 aromatic heterocycles. The van der Waals surface area contributed by atoms with Gasteiger partial charge in [0.2, 0.25) is 0 Å². The van der Waals surface area contributed by atoms with Crippen LogP contribution >= 0.6 is 11.6 Å². The maximum Gasteiger partial charge on any atom is 0.303 e. The third-order valence-corrected chi connectivity index (χ3v) is 5.53. The van der Waals surface area contributed by atoms with Crippen LogP contribution in [0.4, 0.5) is 5.69 Å². The Morgan fingerprint density at radius 2 is 1.53 bits per heavy atom. The van der Waals surface area contributed by atoms with Crippen LogP contribution in [0.5, 0.6) is 0 Å². The topological polar surface area (TPSA) is 115 Å². The fraction of sp³-hybridized carbons (Fsp3) is 0.360. The summed E-state index contributed by atoms with van der Waals surface area (Å²) in [6.07, 6.45) is 0.833. The van der Waals surface area contributed by atoms with Crippen molar-refractivity contribution in [3.05, 3.63) is 64.2 Å². The number of carbonyl (C=O) groups excluding carboxylic acids is 3. The monoisotopic (exact) mass is 459 g/mol. The first-order chi connectivity index (χ1) is 14.9. The number of aliphatic carboxylic acids is 1. The number of carboxylic acids is 1. The highest BCUT2D eigenvalue weighted by atomic mass is 35.5. The van der Waals surface area contributed by atoms with Crippen LogP contribution in [0.2, 0.25) is 5.02 Å². The molecule has 0 amide bonds. The average Bonchev–Trinajstić information content (AvgIpc) is 2.73. The zero-order valence-electron chi connectivity index (χ0n) is 18.9. The Kier molecular flexibility index (Phi) is 10.3. The van der Waals surface area contributed by atoms with E-state index in [0.29, 0.717) is 22.7 Å². The van der Waals surface area contributed by atoms with Crippen molar-refractivity contribution >= 4 is 40.6 Å². The van der Waals surface area contributed by atoms with Crippen LogP contribution in [0.15, 0.2) is 42.5 Å². The van der Waals surface area contributed by atoms with Crippen LogP contribution in [-0.4, -0.2) is 28.4 Å². The number of carboxylic acid groups (broad SMARTS) is 1. The minimum atomic E-state index is -1.49. The Balaban J connectivity index is 0.000000920. The summed E-state index contributed by atoms with van der Waals surface area (Å²) in [4.78, 5) is 47.3. The van der Waals surface area contributed by atoms with Crippen LogP contribution in [-0.2, 0) is 31.0 Å². The molecule has 0 saturated carbocycles. The van der Waals surface area contributed by atoms with Crippen molar-refractivity contribution in [2.75, 3.05) is 5.73 Å². The molecule has 172 valence electrons. The molecule has 2 rings (SSSR count). The summed E-state index contributed by atoms with van der Waals surface area (Å²) in [6.45, 7) is 6.12. The Hall–Kier alpha value is -2.99. The number of rotatable bonds is 9. The van der Waals surface area contributed by atoms with E-state index in [1.807, 2.05) is 19.1 Å². The van der Waals surface area contributed by atoms with E-state index in [1.54, 1.807) is 37.3 Å². The minimum Gasteiger partial charge on any atom is -0.481 e. The van der Waals surface area contributed by atoms with Gasteiger partial charge in [-0.2, -0.15) is 0 Å². The van der Waals surface area contributed by atoms with Gasteiger partial charge in [0.25, 0.3) is 0 Å². The molecule has 0 heterocycles. The van der Waals surface area contributed by atoms with Crippen molar-refractivity contribution in [3.63, 3.8) is 0 Å². The number of carbonyl (C=O) groups is 4. The van der Waals surface area contributed by atoms with Crippen LogP contribution in [0.3, 0.4) is 0 Å². The summed E-state index contributed by atoms with van der Waals surface area (Å²) in [5, 5.41) is 8.15. The van der Waals surface area contributed by atoms with Crippen molar-refractivity contribution in [2.45, 2.75) is 58.8 Å². The first-order valence-corrected chi connectivity index (χ1v) is 10.7. The van der Waals surface area contributed by atoms with Crippen LogP contribution in [0, 0.1) is 6.92 Å². The lowest BCUT2D eigenvalue weighted by molar-refractivity contribution is -0.137. The van der Waals surface area contributed by atoms with Crippen LogP contribution in [0.1, 0.15) is 56.7 Å². The number of halogens is 1. The number of hydrogen-bond acceptors (Lipinski definition) is 5. The number of aryl methyl sites for hydroxylation is 2. The van der Waals surface area contributed by atoms with Crippen molar-refractivity contribution in [1.29, 1.82) is 0 Å². The molecule has 0 atom stereocenters. The van der Waals surface area contributed by atoms with Crippen molar-refractivity contribution in [3.8, 4) is 0 Å². The average molecular weight is 460 g/mol. The van der Waals surface area contributed by atoms with Gasteiger partial charge in [-0.05, 0) is 68.1 Å². The zero-order chi connectivity index (χ0) is 24.5. The quantitative estimate of drug-likeness (QED) is 0.414. The first kappa shape index (κ1) is 27.0. The third-order valence-electron chi connectivity index (χ3n) is 5.30. The molecule has 2 aromatic rings. The van der Waals surface area contributed by atoms with Crippen molar-refractivity contribution < 1.29 is 24.3 Å². The van der Waals surface area contributed by atoms with Gasteiger partial charge in [0.05, 0.1) is 0 Å². The molecule has 0 radical (unpaired) electrons. The maximum absolute atomic E-state index is 12.7. The van der Waals surface area contributed by atoms with E-state index in [-0.39, 0.29) is 36.6 Å². The summed E-state index contributed by atoms with van der Waals surface area (Å²) >= 11 is 6.11. The molecule has 6 nitrogen and oxygen atoms in total. The van der Waals surface area contributed by atoms with E-state index in [1.165, 1.54) is 13.8 Å². The van der Waals surface area contributed by atoms with Gasteiger partial charge in [0.15, 0.2) is 0 Å². The molecule has 3 N–H and O–H groups in total. The van der Waals surface area contributed by atoms with E-state index in [2.05, 4.69) is 0 Å². The van der Waals surface area contributed by atoms with Crippen LogP contribution in [0.25, 0.3) is 0 Å². The standard InChI is InChI=1S/C22H24ClNO3.C3H6O2/c1-14-4-8-18(23)12-21(14)22(15(2)25,16(3)26)13-20(27)11-7-17-5-9-19(24)10-6-17;1-2-3(4)5/h4-6,8-10,12H,7,11,13,24H2,1-3H3;2H2,1H3,(H,4,5). The van der Waals surface area contributed by atoms with Gasteiger partial charge in [0, 0.05) is 30.0 Å². The number of nitrogens with two attached hydrogens (primary N) is 1. The Labute approximate surface area is 193 Å². The zero-order valence-corrected chi connectivity index (χ0v) is 19.7. The molecule has 2 aromatic carbocycles. The third kappa shape index (κ3) is 7.31. The van der Waals surface area contributed by atoms with Gasteiger partial charge in [0.1, 0.15) is 22.8 Å². The van der Waals surface area contributed by atoms with E-state index in [0.717, 1.165) is 11.1 Å². The van der Waals surface area contributed by atoms with E-state index in [4.69, 9.17) is 22.4 Å². The second kappa shape index (κ2) is 12.2. The molecule has 32 heavy (non-hydrogen) atoms. The molecular weight excluding hydrogens is 430 g/mol. The van der Waals surface area contributed by atoms with Gasteiger partial charge in [-0.3, -0.25) is 19.2 Å². The predicted octanol–water partition coefficient (Wildman–Crippen LogP) is 4.72. The van der Waals surface area contributed by atoms with Gasteiger partial charge >= 0.3 is 5.97 Å². The predicted molar refractivity (Wildman–Crippen MR) is 126 cm³/mol. The Bertz CT molecular complexity index is 968. The van der Waals surface area contributed by atoms with Gasteiger partial charge in [-0.15, -0.1) is 0 Å². The highest BCUT2D eigenvalue weighted by Gasteiger charge is 2.44. The van der Waals surface area contributed by atoms with Crippen molar-refractivity contribution in [2.24, 2.45) is 0 Å². The normalized spacial score (nSPS) is 10.7. The Morgan fingerprint density at radius 1 is 1.00 bits per heavy atom. The molecule has 0 aliphatic carbocycles. The lowest BCUT2D eigenvalue weighted by Gasteiger charge is -2.30. The van der Waals surface area contributed by atoms with Gasteiger partial charge < -0.3 is 10.8 Å². The van der Waals surface area contributed by atoms with E-state index < -0.39 is 11.4 Å². The molecule has 0 saturated heterocycles. The number of Topliss-reactive ketones (excluding diaryl/α,β-unsaturated/α-hetero) is 3. The summed E-state index contributed by atoms with van der Waals surface area (Å²) in [6, 6.07) is 12.4. The van der Waals surface area contributed by atoms with Gasteiger partial charge in [-0.1, -0.05) is 36.7 Å². The second-order valence-electron chi connectivity index (χ2n) is 7.68. The molecule has 0 unspecified atom stereocenters. The second-order valence-corrected chi connectivity index (χ2v) is 8.12. The summed E-state index contributed by atoms with van der Waals surface area (Å²) in [5.74, 6) is -1.58. The molecule has 0 bridgehead atoms. The van der Waals surface area contributed by atoms with E-state index >= 15 is 0 Å². The highest BCUT2D eigenvalue weighted by Crippen LogP contribution is 2.35. The van der Waals surface area contributed by atoms with Crippen molar-refractivity contribution in [1.82, 2.24) is 0 Å². The van der Waals surface area contributed by atoms with E-state index in [9.17, 15) is 19.2 Å². The number of nitrogen functional groups attached to an aromatic ring is 1. The molecule has 0 spiro atoms. The van der Waals surface area contributed by atoms with Crippen LogP contribution < -0.4 is 5.73 Å². The molecular formula is C25H30ClNO5. The SMILES string of the molecule is CC(=O)C(CC(=O)CCc1ccc(N)cc1)(C(C)=O)c1cc(Cl)ccc1C.CCC(=O)O. The summed E-state index contributed by atoms with van der Waals surface area (Å²) in [5.41, 5.74) is 7.09. The summed E-state index contributed by atoms with van der Waals surface area (Å²) < 4.78 is 0. The number of benzene rings is 2.